The van der Waals surface area contributed by atoms with Gasteiger partial charge in [-0.1, -0.05) is 0 Å². The number of aromatic nitrogens is 2. The zero-order valence-electron chi connectivity index (χ0n) is 8.97. The molecule has 2 heterocycles. The first-order chi connectivity index (χ1) is 7.15. The molecule has 4 nitrogen and oxygen atoms in total. The fourth-order valence-corrected chi connectivity index (χ4v) is 1.61. The predicted octanol–water partition coefficient (Wildman–Crippen LogP) is 1.56. The lowest BCUT2D eigenvalue weighted by atomic mass is 10.0. The molecule has 80 valence electrons. The second kappa shape index (κ2) is 3.90. The van der Waals surface area contributed by atoms with Crippen LogP contribution in [0.2, 0.25) is 0 Å². The van der Waals surface area contributed by atoms with Crippen molar-refractivity contribution >= 4 is 0 Å². The Balaban J connectivity index is 2.06. The average molecular weight is 205 g/mol. The molecule has 0 aromatic carbocycles. The van der Waals surface area contributed by atoms with Gasteiger partial charge in [0.15, 0.2) is 0 Å². The molecule has 2 aromatic rings. The average Bonchev–Trinajstić information content (AvgIpc) is 2.75. The highest BCUT2D eigenvalue weighted by atomic mass is 16.3. The Bertz CT molecular complexity index is 444. The Morgan fingerprint density at radius 2 is 2.40 bits per heavy atom. The van der Waals surface area contributed by atoms with Gasteiger partial charge in [-0.25, -0.2) is 0 Å². The Morgan fingerprint density at radius 3 is 2.93 bits per heavy atom. The maximum atomic E-state index is 6.05. The topological polar surface area (TPSA) is 57.0 Å². The van der Waals surface area contributed by atoms with Gasteiger partial charge in [0.1, 0.15) is 5.76 Å². The molecule has 0 amide bonds. The summed E-state index contributed by atoms with van der Waals surface area (Å²) < 4.78 is 7.01. The largest absolute Gasteiger partial charge is 0.469 e. The summed E-state index contributed by atoms with van der Waals surface area (Å²) in [5, 5.41) is 4.11. The van der Waals surface area contributed by atoms with Gasteiger partial charge in [0, 0.05) is 24.8 Å². The summed E-state index contributed by atoms with van der Waals surface area (Å²) in [7, 11) is 1.90. The van der Waals surface area contributed by atoms with Gasteiger partial charge in [0.2, 0.25) is 0 Å². The van der Waals surface area contributed by atoms with E-state index >= 15 is 0 Å². The normalized spacial score (nSPS) is 13.0. The van der Waals surface area contributed by atoms with Crippen molar-refractivity contribution in [3.63, 3.8) is 0 Å². The quantitative estimate of drug-likeness (QED) is 0.827. The fourth-order valence-electron chi connectivity index (χ4n) is 1.61. The Morgan fingerprint density at radius 1 is 1.60 bits per heavy atom. The van der Waals surface area contributed by atoms with Crippen LogP contribution in [-0.4, -0.2) is 9.78 Å². The smallest absolute Gasteiger partial charge is 0.101 e. The highest BCUT2D eigenvalue weighted by Crippen LogP contribution is 2.17. The summed E-state index contributed by atoms with van der Waals surface area (Å²) in [5.41, 5.74) is 8.23. The van der Waals surface area contributed by atoms with Crippen molar-refractivity contribution in [1.29, 1.82) is 0 Å². The van der Waals surface area contributed by atoms with E-state index in [1.165, 1.54) is 0 Å². The number of nitrogens with two attached hydrogens (primary N) is 1. The number of furan rings is 1. The van der Waals surface area contributed by atoms with E-state index in [0.29, 0.717) is 0 Å². The number of hydrogen-bond donors (Lipinski definition) is 1. The number of aryl methyl sites for hydroxylation is 2. The van der Waals surface area contributed by atoms with Crippen molar-refractivity contribution in [2.24, 2.45) is 12.8 Å². The molecule has 4 heteroatoms. The van der Waals surface area contributed by atoms with Gasteiger partial charge in [0.25, 0.3) is 0 Å². The van der Waals surface area contributed by atoms with Gasteiger partial charge >= 0.3 is 0 Å². The molecule has 0 aliphatic heterocycles. The molecule has 0 saturated heterocycles. The van der Waals surface area contributed by atoms with Crippen molar-refractivity contribution in [3.05, 3.63) is 41.6 Å². The molecule has 0 spiro atoms. The minimum absolute atomic E-state index is 0.0216. The minimum atomic E-state index is -0.0216. The Kier molecular flexibility index (Phi) is 2.60. The third kappa shape index (κ3) is 2.27. The summed E-state index contributed by atoms with van der Waals surface area (Å²) in [5.74, 6) is 0.895. The van der Waals surface area contributed by atoms with E-state index in [2.05, 4.69) is 5.10 Å². The van der Waals surface area contributed by atoms with Crippen LogP contribution in [0.3, 0.4) is 0 Å². The summed E-state index contributed by atoms with van der Waals surface area (Å²) in [6, 6.07) is 1.95. The van der Waals surface area contributed by atoms with Gasteiger partial charge in [-0.2, -0.15) is 5.10 Å². The summed E-state index contributed by atoms with van der Waals surface area (Å²) in [4.78, 5) is 0. The predicted molar refractivity (Wildman–Crippen MR) is 57.3 cm³/mol. The summed E-state index contributed by atoms with van der Waals surface area (Å²) >= 11 is 0. The molecule has 0 aliphatic carbocycles. The van der Waals surface area contributed by atoms with E-state index in [1.807, 2.05) is 32.4 Å². The molecule has 2 N–H and O–H groups in total. The molecule has 0 aliphatic rings. The lowest BCUT2D eigenvalue weighted by Crippen LogP contribution is -2.12. The molecule has 15 heavy (non-hydrogen) atoms. The SMILES string of the molecule is Cc1cc(C(N)Cc2cnn(C)c2)co1. The third-order valence-corrected chi connectivity index (χ3v) is 2.39. The van der Waals surface area contributed by atoms with Crippen molar-refractivity contribution in [2.45, 2.75) is 19.4 Å². The van der Waals surface area contributed by atoms with E-state index < -0.39 is 0 Å². The van der Waals surface area contributed by atoms with Crippen LogP contribution in [0.15, 0.2) is 29.1 Å². The molecule has 2 rings (SSSR count). The van der Waals surface area contributed by atoms with Crippen LogP contribution < -0.4 is 5.73 Å². The van der Waals surface area contributed by atoms with Crippen molar-refractivity contribution in [2.75, 3.05) is 0 Å². The van der Waals surface area contributed by atoms with E-state index in [0.717, 1.165) is 23.3 Å². The van der Waals surface area contributed by atoms with Crippen molar-refractivity contribution in [3.8, 4) is 0 Å². The van der Waals surface area contributed by atoms with E-state index in [4.69, 9.17) is 10.2 Å². The zero-order valence-corrected chi connectivity index (χ0v) is 8.97. The molecule has 1 atom stereocenters. The Hall–Kier alpha value is -1.55. The maximum absolute atomic E-state index is 6.05. The molecule has 1 unspecified atom stereocenters. The summed E-state index contributed by atoms with van der Waals surface area (Å²) in [6.07, 6.45) is 6.32. The molecule has 0 saturated carbocycles. The Labute approximate surface area is 88.7 Å². The molecular formula is C11H15N3O. The highest BCUT2D eigenvalue weighted by Gasteiger charge is 2.10. The highest BCUT2D eigenvalue weighted by molar-refractivity contribution is 5.19. The monoisotopic (exact) mass is 205 g/mol. The van der Waals surface area contributed by atoms with Crippen LogP contribution in [0, 0.1) is 6.92 Å². The van der Waals surface area contributed by atoms with Crippen LogP contribution in [0.4, 0.5) is 0 Å². The zero-order chi connectivity index (χ0) is 10.8. The minimum Gasteiger partial charge on any atom is -0.469 e. The van der Waals surface area contributed by atoms with Crippen LogP contribution in [0.1, 0.15) is 22.9 Å². The van der Waals surface area contributed by atoms with Crippen LogP contribution in [0.5, 0.6) is 0 Å². The molecule has 0 fully saturated rings. The molecule has 2 aromatic heterocycles. The second-order valence-corrected chi connectivity index (χ2v) is 3.82. The van der Waals surface area contributed by atoms with Gasteiger partial charge in [0.05, 0.1) is 12.5 Å². The van der Waals surface area contributed by atoms with Crippen molar-refractivity contribution in [1.82, 2.24) is 9.78 Å². The third-order valence-electron chi connectivity index (χ3n) is 2.39. The van der Waals surface area contributed by atoms with Crippen LogP contribution in [-0.2, 0) is 13.5 Å². The van der Waals surface area contributed by atoms with E-state index in [-0.39, 0.29) is 6.04 Å². The van der Waals surface area contributed by atoms with Crippen molar-refractivity contribution < 1.29 is 4.42 Å². The number of hydrogen-bond acceptors (Lipinski definition) is 3. The lowest BCUT2D eigenvalue weighted by Gasteiger charge is -2.06. The summed E-state index contributed by atoms with van der Waals surface area (Å²) in [6.45, 7) is 1.92. The van der Waals surface area contributed by atoms with Gasteiger partial charge in [-0.3, -0.25) is 4.68 Å². The van der Waals surface area contributed by atoms with Gasteiger partial charge in [-0.05, 0) is 25.0 Å². The fraction of sp³-hybridized carbons (Fsp3) is 0.364. The number of rotatable bonds is 3. The lowest BCUT2D eigenvalue weighted by molar-refractivity contribution is 0.528. The standard InChI is InChI=1S/C11H15N3O/c1-8-3-10(7-15-8)11(12)4-9-5-13-14(2)6-9/h3,5-7,11H,4,12H2,1-2H3. The maximum Gasteiger partial charge on any atom is 0.101 e. The van der Waals surface area contributed by atoms with Gasteiger partial charge in [-0.15, -0.1) is 0 Å². The molecule has 0 radical (unpaired) electrons. The second-order valence-electron chi connectivity index (χ2n) is 3.82. The first-order valence-electron chi connectivity index (χ1n) is 4.93. The van der Waals surface area contributed by atoms with Crippen LogP contribution >= 0.6 is 0 Å². The van der Waals surface area contributed by atoms with E-state index in [1.54, 1.807) is 10.9 Å². The van der Waals surface area contributed by atoms with Crippen LogP contribution in [0.25, 0.3) is 0 Å². The molecule has 0 bridgehead atoms. The van der Waals surface area contributed by atoms with E-state index in [9.17, 15) is 0 Å². The number of nitrogens with zero attached hydrogens (tertiary/aromatic N) is 2. The first-order valence-corrected chi connectivity index (χ1v) is 4.93. The molecular weight excluding hydrogens is 190 g/mol. The first kappa shape index (κ1) is 9.98. The van der Waals surface area contributed by atoms with Gasteiger partial charge < -0.3 is 10.2 Å².